The van der Waals surface area contributed by atoms with E-state index in [1.165, 1.54) is 23.2 Å². The van der Waals surface area contributed by atoms with Gasteiger partial charge >= 0.3 is 0 Å². The van der Waals surface area contributed by atoms with Crippen LogP contribution in [-0.4, -0.2) is 12.0 Å². The Balaban J connectivity index is 2.37. The predicted molar refractivity (Wildman–Crippen MR) is 61.3 cm³/mol. The van der Waals surface area contributed by atoms with E-state index < -0.39 is 11.6 Å². The van der Waals surface area contributed by atoms with Gasteiger partial charge in [-0.15, -0.1) is 0 Å². The zero-order chi connectivity index (χ0) is 12.4. The first kappa shape index (κ1) is 11.5. The molecule has 0 unspecified atom stereocenters. The van der Waals surface area contributed by atoms with Gasteiger partial charge in [-0.05, 0) is 12.1 Å². The van der Waals surface area contributed by atoms with Gasteiger partial charge in [-0.1, -0.05) is 11.3 Å². The van der Waals surface area contributed by atoms with Crippen molar-refractivity contribution in [2.75, 3.05) is 11.9 Å². The van der Waals surface area contributed by atoms with Gasteiger partial charge in [0.05, 0.1) is 11.9 Å². The van der Waals surface area contributed by atoms with Gasteiger partial charge in [0.25, 0.3) is 0 Å². The third-order valence-electron chi connectivity index (χ3n) is 2.16. The van der Waals surface area contributed by atoms with Crippen LogP contribution in [0.5, 0.6) is 0 Å². The molecule has 0 saturated heterocycles. The van der Waals surface area contributed by atoms with Gasteiger partial charge in [0.15, 0.2) is 5.13 Å². The van der Waals surface area contributed by atoms with Crippen LogP contribution in [-0.2, 0) is 0 Å². The maximum atomic E-state index is 13.5. The van der Waals surface area contributed by atoms with Gasteiger partial charge in [-0.25, -0.2) is 13.8 Å². The maximum absolute atomic E-state index is 13.5. The minimum atomic E-state index is -0.666. The highest BCUT2D eigenvalue weighted by Gasteiger charge is 2.13. The van der Waals surface area contributed by atoms with E-state index in [1.54, 1.807) is 7.05 Å². The summed E-state index contributed by atoms with van der Waals surface area (Å²) in [6.45, 7) is 0. The van der Waals surface area contributed by atoms with Crippen LogP contribution in [0.1, 0.15) is 4.88 Å². The summed E-state index contributed by atoms with van der Waals surface area (Å²) in [6.07, 6.45) is 1.41. The van der Waals surface area contributed by atoms with Crippen molar-refractivity contribution in [3.63, 3.8) is 0 Å². The van der Waals surface area contributed by atoms with Gasteiger partial charge in [-0.2, -0.15) is 5.26 Å². The fourth-order valence-electron chi connectivity index (χ4n) is 1.33. The lowest BCUT2D eigenvalue weighted by molar-refractivity contribution is 0.583. The highest BCUT2D eigenvalue weighted by atomic mass is 32.1. The third-order valence-corrected chi connectivity index (χ3v) is 3.14. The molecule has 1 aromatic carbocycles. The van der Waals surface area contributed by atoms with Gasteiger partial charge < -0.3 is 4.90 Å². The van der Waals surface area contributed by atoms with Crippen LogP contribution in [0.4, 0.5) is 19.6 Å². The van der Waals surface area contributed by atoms with E-state index in [0.29, 0.717) is 10.0 Å². The second-order valence-corrected chi connectivity index (χ2v) is 4.28. The number of nitriles is 1. The van der Waals surface area contributed by atoms with Crippen LogP contribution >= 0.6 is 11.3 Å². The summed E-state index contributed by atoms with van der Waals surface area (Å²) in [5.41, 5.74) is 0.213. The summed E-state index contributed by atoms with van der Waals surface area (Å²) in [6, 6.07) is 5.27. The smallest absolute Gasteiger partial charge is 0.190 e. The molecule has 0 N–H and O–H groups in total. The van der Waals surface area contributed by atoms with Crippen molar-refractivity contribution >= 4 is 22.2 Å². The quantitative estimate of drug-likeness (QED) is 0.823. The molecule has 1 heterocycles. The highest BCUT2D eigenvalue weighted by Crippen LogP contribution is 2.29. The number of anilines is 2. The van der Waals surface area contributed by atoms with E-state index in [4.69, 9.17) is 5.26 Å². The van der Waals surface area contributed by atoms with E-state index in [-0.39, 0.29) is 5.69 Å². The van der Waals surface area contributed by atoms with Crippen molar-refractivity contribution in [2.45, 2.75) is 0 Å². The molecule has 2 aromatic rings. The van der Waals surface area contributed by atoms with E-state index in [9.17, 15) is 8.78 Å². The summed E-state index contributed by atoms with van der Waals surface area (Å²) in [4.78, 5) is 5.90. The van der Waals surface area contributed by atoms with E-state index in [0.717, 1.165) is 17.4 Å². The van der Waals surface area contributed by atoms with Crippen LogP contribution in [0.15, 0.2) is 24.4 Å². The Morgan fingerprint density at radius 2 is 2.18 bits per heavy atom. The normalized spacial score (nSPS) is 10.0. The highest BCUT2D eigenvalue weighted by molar-refractivity contribution is 7.16. The molecule has 0 atom stereocenters. The summed E-state index contributed by atoms with van der Waals surface area (Å²) < 4.78 is 26.3. The lowest BCUT2D eigenvalue weighted by Gasteiger charge is -2.16. The van der Waals surface area contributed by atoms with Crippen molar-refractivity contribution in [3.05, 3.63) is 40.9 Å². The Morgan fingerprint density at radius 3 is 2.76 bits per heavy atom. The SMILES string of the molecule is CN(c1ncc(C#N)s1)c1ccc(F)cc1F. The van der Waals surface area contributed by atoms with Crippen LogP contribution in [0.25, 0.3) is 0 Å². The number of aromatic nitrogens is 1. The Hall–Kier alpha value is -2.00. The number of benzene rings is 1. The second kappa shape index (κ2) is 4.47. The van der Waals surface area contributed by atoms with E-state index in [2.05, 4.69) is 4.98 Å². The predicted octanol–water partition coefficient (Wildman–Crippen LogP) is 3.06. The molecule has 0 radical (unpaired) electrons. The average molecular weight is 251 g/mol. The number of hydrogen-bond donors (Lipinski definition) is 0. The van der Waals surface area contributed by atoms with Crippen molar-refractivity contribution in [2.24, 2.45) is 0 Å². The van der Waals surface area contributed by atoms with Crippen LogP contribution < -0.4 is 4.90 Å². The molecule has 2 rings (SSSR count). The molecule has 0 aliphatic heterocycles. The molecular weight excluding hydrogens is 244 g/mol. The van der Waals surface area contributed by atoms with Gasteiger partial charge in [-0.3, -0.25) is 0 Å². The van der Waals surface area contributed by atoms with Crippen molar-refractivity contribution in [3.8, 4) is 6.07 Å². The number of rotatable bonds is 2. The van der Waals surface area contributed by atoms with Crippen LogP contribution in [0.3, 0.4) is 0 Å². The standard InChI is InChI=1S/C11H7F2N3S/c1-16(11-15-6-8(5-14)17-11)10-3-2-7(12)4-9(10)13/h2-4,6H,1H3. The Bertz CT molecular complexity index is 589. The number of halogens is 2. The molecule has 6 heteroatoms. The number of hydrogen-bond acceptors (Lipinski definition) is 4. The molecule has 0 fully saturated rings. The first-order chi connectivity index (χ1) is 8.11. The van der Waals surface area contributed by atoms with Crippen molar-refractivity contribution < 1.29 is 8.78 Å². The molecular formula is C11H7F2N3S. The molecule has 0 saturated carbocycles. The van der Waals surface area contributed by atoms with Crippen LogP contribution in [0, 0.1) is 23.0 Å². The zero-order valence-corrected chi connectivity index (χ0v) is 9.63. The molecule has 1 aromatic heterocycles. The minimum Gasteiger partial charge on any atom is -0.318 e. The lowest BCUT2D eigenvalue weighted by atomic mass is 10.3. The molecule has 0 bridgehead atoms. The van der Waals surface area contributed by atoms with E-state index >= 15 is 0 Å². The monoisotopic (exact) mass is 251 g/mol. The zero-order valence-electron chi connectivity index (χ0n) is 8.82. The van der Waals surface area contributed by atoms with Gasteiger partial charge in [0.1, 0.15) is 22.6 Å². The van der Waals surface area contributed by atoms with Gasteiger partial charge in [0, 0.05) is 13.1 Å². The summed E-state index contributed by atoms with van der Waals surface area (Å²) in [7, 11) is 1.61. The maximum Gasteiger partial charge on any atom is 0.190 e. The number of nitrogens with zero attached hydrogens (tertiary/aromatic N) is 3. The molecule has 0 spiro atoms. The minimum absolute atomic E-state index is 0.213. The number of thiazole rings is 1. The molecule has 3 nitrogen and oxygen atoms in total. The Kier molecular flexibility index (Phi) is 3.02. The second-order valence-electron chi connectivity index (χ2n) is 3.27. The molecule has 0 aliphatic rings. The van der Waals surface area contributed by atoms with Crippen LogP contribution in [0.2, 0.25) is 0 Å². The largest absolute Gasteiger partial charge is 0.318 e. The summed E-state index contributed by atoms with van der Waals surface area (Å²) >= 11 is 1.14. The molecule has 0 aliphatic carbocycles. The fourth-order valence-corrected chi connectivity index (χ4v) is 2.02. The first-order valence-electron chi connectivity index (χ1n) is 4.66. The lowest BCUT2D eigenvalue weighted by Crippen LogP contribution is -2.10. The Morgan fingerprint density at radius 1 is 1.41 bits per heavy atom. The fraction of sp³-hybridized carbons (Fsp3) is 0.0909. The first-order valence-corrected chi connectivity index (χ1v) is 5.48. The van der Waals surface area contributed by atoms with Gasteiger partial charge in [0.2, 0.25) is 0 Å². The third kappa shape index (κ3) is 2.24. The van der Waals surface area contributed by atoms with Crippen molar-refractivity contribution in [1.82, 2.24) is 4.98 Å². The summed E-state index contributed by atoms with van der Waals surface area (Å²) in [5.74, 6) is -1.29. The van der Waals surface area contributed by atoms with Crippen molar-refractivity contribution in [1.29, 1.82) is 5.26 Å². The molecule has 17 heavy (non-hydrogen) atoms. The topological polar surface area (TPSA) is 39.9 Å². The summed E-state index contributed by atoms with van der Waals surface area (Å²) in [5, 5.41) is 9.15. The Labute approximate surface area is 101 Å². The molecule has 0 amide bonds. The van der Waals surface area contributed by atoms with E-state index in [1.807, 2.05) is 6.07 Å². The molecule has 86 valence electrons. The average Bonchev–Trinajstić information content (AvgIpc) is 2.76.